The van der Waals surface area contributed by atoms with Gasteiger partial charge < -0.3 is 14.6 Å². The van der Waals surface area contributed by atoms with Crippen molar-refractivity contribution >= 4 is 55.7 Å². The Kier molecular flexibility index (Phi) is 5.92. The second-order valence-electron chi connectivity index (χ2n) is 7.79. The first-order valence-corrected chi connectivity index (χ1v) is 11.8. The first-order valence-electron chi connectivity index (χ1n) is 10.6. The van der Waals surface area contributed by atoms with Crippen LogP contribution in [0.25, 0.3) is 16.0 Å². The number of ketones is 1. The SMILES string of the molecule is COc1cccc(/C(O)=C2\C(=O)C(=O)N(c3nc4ccc(Cl)cc4s3)C2c2cccc(OC)c2)c1. The molecular weight excluding hydrogens is 488 g/mol. The molecule has 0 aliphatic carbocycles. The molecule has 1 atom stereocenters. The van der Waals surface area contributed by atoms with Crippen molar-refractivity contribution in [3.8, 4) is 11.5 Å². The molecule has 1 aliphatic rings. The minimum Gasteiger partial charge on any atom is -0.507 e. The molecule has 1 saturated heterocycles. The summed E-state index contributed by atoms with van der Waals surface area (Å²) in [5, 5.41) is 12.1. The van der Waals surface area contributed by atoms with Crippen molar-refractivity contribution in [3.05, 3.63) is 88.5 Å². The monoisotopic (exact) mass is 506 g/mol. The summed E-state index contributed by atoms with van der Waals surface area (Å²) in [6.45, 7) is 0. The highest BCUT2D eigenvalue weighted by Crippen LogP contribution is 2.45. The molecule has 3 aromatic carbocycles. The number of anilines is 1. The summed E-state index contributed by atoms with van der Waals surface area (Å²) in [4.78, 5) is 32.6. The van der Waals surface area contributed by atoms with Gasteiger partial charge in [0.2, 0.25) is 0 Å². The first kappa shape index (κ1) is 22.9. The number of hydrogen-bond acceptors (Lipinski definition) is 7. The van der Waals surface area contributed by atoms with Crippen LogP contribution >= 0.6 is 22.9 Å². The number of carbonyl (C=O) groups excluding carboxylic acids is 2. The topological polar surface area (TPSA) is 89.0 Å². The van der Waals surface area contributed by atoms with Crippen molar-refractivity contribution in [2.75, 3.05) is 19.1 Å². The van der Waals surface area contributed by atoms with Crippen LogP contribution in [0, 0.1) is 0 Å². The third-order valence-electron chi connectivity index (χ3n) is 5.74. The fourth-order valence-electron chi connectivity index (χ4n) is 4.07. The van der Waals surface area contributed by atoms with Gasteiger partial charge in [0.1, 0.15) is 17.3 Å². The number of Topliss-reactive ketones (excluding diaryl/α,β-unsaturated/α-hetero) is 1. The largest absolute Gasteiger partial charge is 0.507 e. The van der Waals surface area contributed by atoms with Crippen LogP contribution in [0.5, 0.6) is 11.5 Å². The number of nitrogens with zero attached hydrogens (tertiary/aromatic N) is 2. The number of rotatable bonds is 5. The fraction of sp³-hybridized carbons (Fsp3) is 0.115. The number of hydrogen-bond donors (Lipinski definition) is 1. The molecule has 1 aromatic heterocycles. The van der Waals surface area contributed by atoms with Crippen molar-refractivity contribution in [3.63, 3.8) is 0 Å². The van der Waals surface area contributed by atoms with Gasteiger partial charge in [-0.3, -0.25) is 14.5 Å². The fourth-order valence-corrected chi connectivity index (χ4v) is 5.34. The third kappa shape index (κ3) is 4.00. The van der Waals surface area contributed by atoms with Gasteiger partial charge in [0, 0.05) is 10.6 Å². The number of amides is 1. The molecule has 1 aliphatic heterocycles. The molecule has 5 rings (SSSR count). The van der Waals surface area contributed by atoms with Gasteiger partial charge in [-0.25, -0.2) is 4.98 Å². The van der Waals surface area contributed by atoms with E-state index in [0.29, 0.717) is 38.3 Å². The summed E-state index contributed by atoms with van der Waals surface area (Å²) in [6, 6.07) is 18.0. The lowest BCUT2D eigenvalue weighted by molar-refractivity contribution is -0.132. The maximum Gasteiger partial charge on any atom is 0.301 e. The maximum atomic E-state index is 13.4. The molecule has 176 valence electrons. The third-order valence-corrected chi connectivity index (χ3v) is 6.99. The molecule has 4 aromatic rings. The zero-order valence-corrected chi connectivity index (χ0v) is 20.3. The Morgan fingerprint density at radius 1 is 1.00 bits per heavy atom. The molecule has 1 N–H and O–H groups in total. The number of methoxy groups -OCH3 is 2. The molecule has 2 heterocycles. The first-order chi connectivity index (χ1) is 16.9. The lowest BCUT2D eigenvalue weighted by atomic mass is 9.95. The Balaban J connectivity index is 1.74. The molecule has 1 unspecified atom stereocenters. The molecule has 1 fully saturated rings. The average molecular weight is 507 g/mol. The number of aromatic nitrogens is 1. The van der Waals surface area contributed by atoms with Gasteiger partial charge in [0.05, 0.1) is 36.1 Å². The normalized spacial score (nSPS) is 17.2. The van der Waals surface area contributed by atoms with E-state index in [4.69, 9.17) is 21.1 Å². The van der Waals surface area contributed by atoms with Crippen LogP contribution in [0.1, 0.15) is 17.2 Å². The van der Waals surface area contributed by atoms with Gasteiger partial charge in [-0.15, -0.1) is 0 Å². The van der Waals surface area contributed by atoms with E-state index in [0.717, 1.165) is 4.70 Å². The molecule has 7 nitrogen and oxygen atoms in total. The van der Waals surface area contributed by atoms with E-state index in [-0.39, 0.29) is 11.3 Å². The number of thiazole rings is 1. The van der Waals surface area contributed by atoms with Gasteiger partial charge in [0.15, 0.2) is 5.13 Å². The summed E-state index contributed by atoms with van der Waals surface area (Å²) in [5.41, 5.74) is 1.54. The van der Waals surface area contributed by atoms with Crippen molar-refractivity contribution < 1.29 is 24.2 Å². The van der Waals surface area contributed by atoms with Crippen LogP contribution in [0.15, 0.2) is 72.3 Å². The molecule has 0 saturated carbocycles. The number of aliphatic hydroxyl groups is 1. The summed E-state index contributed by atoms with van der Waals surface area (Å²) >= 11 is 7.37. The highest BCUT2D eigenvalue weighted by molar-refractivity contribution is 7.22. The lowest BCUT2D eigenvalue weighted by Crippen LogP contribution is -2.29. The highest BCUT2D eigenvalue weighted by Gasteiger charge is 2.48. The molecule has 0 bridgehead atoms. The van der Waals surface area contributed by atoms with Crippen LogP contribution in [0.2, 0.25) is 5.02 Å². The van der Waals surface area contributed by atoms with Gasteiger partial charge in [0.25, 0.3) is 5.78 Å². The van der Waals surface area contributed by atoms with E-state index in [2.05, 4.69) is 4.98 Å². The summed E-state index contributed by atoms with van der Waals surface area (Å²) in [5.74, 6) is -0.848. The molecule has 0 radical (unpaired) electrons. The van der Waals surface area contributed by atoms with Gasteiger partial charge in [-0.05, 0) is 48.0 Å². The zero-order valence-electron chi connectivity index (χ0n) is 18.7. The number of fused-ring (bicyclic) bond motifs is 1. The van der Waals surface area contributed by atoms with Crippen molar-refractivity contribution in [2.45, 2.75) is 6.04 Å². The maximum absolute atomic E-state index is 13.4. The van der Waals surface area contributed by atoms with E-state index in [1.54, 1.807) is 66.7 Å². The van der Waals surface area contributed by atoms with E-state index in [1.165, 1.54) is 30.5 Å². The van der Waals surface area contributed by atoms with Crippen molar-refractivity contribution in [1.29, 1.82) is 0 Å². The van der Waals surface area contributed by atoms with Crippen LogP contribution in [0.4, 0.5) is 5.13 Å². The van der Waals surface area contributed by atoms with Gasteiger partial charge in [-0.1, -0.05) is 47.2 Å². The van der Waals surface area contributed by atoms with E-state index < -0.39 is 17.7 Å². The van der Waals surface area contributed by atoms with Gasteiger partial charge in [-0.2, -0.15) is 0 Å². The number of halogens is 1. The Morgan fingerprint density at radius 2 is 1.71 bits per heavy atom. The second-order valence-corrected chi connectivity index (χ2v) is 9.23. The quantitative estimate of drug-likeness (QED) is 0.215. The smallest absolute Gasteiger partial charge is 0.301 e. The van der Waals surface area contributed by atoms with Crippen LogP contribution in [-0.2, 0) is 9.59 Å². The molecular formula is C26H19ClN2O5S. The van der Waals surface area contributed by atoms with Crippen LogP contribution in [-0.4, -0.2) is 36.0 Å². The average Bonchev–Trinajstić information content (AvgIpc) is 3.41. The summed E-state index contributed by atoms with van der Waals surface area (Å²) in [7, 11) is 3.04. The minimum atomic E-state index is -0.924. The number of ether oxygens (including phenoxy) is 2. The molecule has 1 amide bonds. The van der Waals surface area contributed by atoms with Crippen LogP contribution in [0.3, 0.4) is 0 Å². The predicted molar refractivity (Wildman–Crippen MR) is 135 cm³/mol. The number of benzene rings is 3. The Labute approximate surface area is 209 Å². The Hall–Kier alpha value is -3.88. The minimum absolute atomic E-state index is 0.0474. The van der Waals surface area contributed by atoms with Gasteiger partial charge >= 0.3 is 5.91 Å². The van der Waals surface area contributed by atoms with Crippen molar-refractivity contribution in [1.82, 2.24) is 4.98 Å². The van der Waals surface area contributed by atoms with E-state index in [9.17, 15) is 14.7 Å². The number of aliphatic hydroxyl groups excluding tert-OH is 1. The molecule has 9 heteroatoms. The number of carbonyl (C=O) groups is 2. The standard InChI is InChI=1S/C26H19ClN2O5S/c1-33-17-7-3-5-14(11-17)22-21(23(30)15-6-4-8-18(12-15)34-2)24(31)25(32)29(22)26-28-19-10-9-16(27)13-20(19)35-26/h3-13,22,30H,1-2H3/b23-21+. The summed E-state index contributed by atoms with van der Waals surface area (Å²) < 4.78 is 11.4. The van der Waals surface area contributed by atoms with Crippen LogP contribution < -0.4 is 14.4 Å². The summed E-state index contributed by atoms with van der Waals surface area (Å²) in [6.07, 6.45) is 0. The predicted octanol–water partition coefficient (Wildman–Crippen LogP) is 5.59. The second kappa shape index (κ2) is 9.05. The molecule has 0 spiro atoms. The Bertz CT molecular complexity index is 1510. The highest BCUT2D eigenvalue weighted by atomic mass is 35.5. The molecule has 35 heavy (non-hydrogen) atoms. The zero-order chi connectivity index (χ0) is 24.7. The lowest BCUT2D eigenvalue weighted by Gasteiger charge is -2.23. The Morgan fingerprint density at radius 3 is 2.46 bits per heavy atom. The van der Waals surface area contributed by atoms with Crippen molar-refractivity contribution in [2.24, 2.45) is 0 Å². The van der Waals surface area contributed by atoms with E-state index >= 15 is 0 Å². The van der Waals surface area contributed by atoms with E-state index in [1.807, 2.05) is 0 Å².